The Morgan fingerprint density at radius 3 is 2.76 bits per heavy atom. The molecule has 1 aromatic heterocycles. The Kier molecular flexibility index (Phi) is 5.27. The van der Waals surface area contributed by atoms with Crippen molar-refractivity contribution in [3.63, 3.8) is 0 Å². The second-order valence-corrected chi connectivity index (χ2v) is 5.81. The summed E-state index contributed by atoms with van der Waals surface area (Å²) in [6.45, 7) is 0.495. The van der Waals surface area contributed by atoms with Gasteiger partial charge in [-0.1, -0.05) is 12.5 Å². The first kappa shape index (κ1) is 15.4. The summed E-state index contributed by atoms with van der Waals surface area (Å²) >= 11 is 1.26. The van der Waals surface area contributed by atoms with Gasteiger partial charge in [0.1, 0.15) is 5.82 Å². The summed E-state index contributed by atoms with van der Waals surface area (Å²) in [7, 11) is 0. The molecule has 0 saturated heterocycles. The third kappa shape index (κ3) is 4.26. The number of amides is 1. The van der Waals surface area contributed by atoms with E-state index in [4.69, 9.17) is 5.11 Å². The lowest BCUT2D eigenvalue weighted by Gasteiger charge is -2.02. The minimum atomic E-state index is -0.800. The van der Waals surface area contributed by atoms with Gasteiger partial charge in [0.25, 0.3) is 5.91 Å². The van der Waals surface area contributed by atoms with Crippen LogP contribution in [0.4, 0.5) is 4.39 Å². The highest BCUT2D eigenvalue weighted by molar-refractivity contribution is 7.20. The highest BCUT2D eigenvalue weighted by Gasteiger charge is 2.11. The number of carbonyl (C=O) groups excluding carboxylic acids is 1. The minimum absolute atomic E-state index is 0.156. The van der Waals surface area contributed by atoms with Gasteiger partial charge in [-0.05, 0) is 31.0 Å². The molecule has 4 nitrogen and oxygen atoms in total. The molecule has 0 atom stereocenters. The maximum Gasteiger partial charge on any atom is 0.303 e. The van der Waals surface area contributed by atoms with Gasteiger partial charge < -0.3 is 10.4 Å². The average molecular weight is 309 g/mol. The van der Waals surface area contributed by atoms with E-state index in [1.807, 2.05) is 0 Å². The van der Waals surface area contributed by atoms with Crippen LogP contribution in [0.2, 0.25) is 0 Å². The number of halogens is 1. The highest BCUT2D eigenvalue weighted by atomic mass is 32.1. The number of carboxylic acid groups (broad SMARTS) is 1. The van der Waals surface area contributed by atoms with Crippen molar-refractivity contribution in [3.8, 4) is 0 Å². The minimum Gasteiger partial charge on any atom is -0.481 e. The van der Waals surface area contributed by atoms with E-state index in [9.17, 15) is 14.0 Å². The Morgan fingerprint density at radius 2 is 2.05 bits per heavy atom. The number of nitrogens with one attached hydrogen (secondary N) is 1. The van der Waals surface area contributed by atoms with Gasteiger partial charge in [-0.15, -0.1) is 11.3 Å². The van der Waals surface area contributed by atoms with Crippen LogP contribution in [0.25, 0.3) is 10.1 Å². The van der Waals surface area contributed by atoms with Crippen LogP contribution in [-0.2, 0) is 4.79 Å². The van der Waals surface area contributed by atoms with Crippen molar-refractivity contribution in [2.45, 2.75) is 25.7 Å². The SMILES string of the molecule is O=C(O)CCCCCNC(=O)c1cc2c(F)cccc2s1. The molecule has 2 N–H and O–H groups in total. The number of hydrogen-bond acceptors (Lipinski definition) is 3. The molecular formula is C15H16FNO3S. The van der Waals surface area contributed by atoms with Crippen LogP contribution in [0, 0.1) is 5.82 Å². The van der Waals surface area contributed by atoms with Gasteiger partial charge in [0.2, 0.25) is 0 Å². The van der Waals surface area contributed by atoms with E-state index in [1.54, 1.807) is 18.2 Å². The quantitative estimate of drug-likeness (QED) is 0.770. The number of thiophene rings is 1. The summed E-state index contributed by atoms with van der Waals surface area (Å²) in [6.07, 6.45) is 2.26. The lowest BCUT2D eigenvalue weighted by atomic mass is 10.2. The largest absolute Gasteiger partial charge is 0.481 e. The molecule has 0 aliphatic carbocycles. The van der Waals surface area contributed by atoms with Gasteiger partial charge in [-0.2, -0.15) is 0 Å². The summed E-state index contributed by atoms with van der Waals surface area (Å²) in [4.78, 5) is 22.8. The van der Waals surface area contributed by atoms with E-state index in [-0.39, 0.29) is 18.1 Å². The Morgan fingerprint density at radius 1 is 1.24 bits per heavy atom. The summed E-state index contributed by atoms with van der Waals surface area (Å²) in [5.74, 6) is -1.34. The molecule has 1 aromatic carbocycles. The molecule has 21 heavy (non-hydrogen) atoms. The van der Waals surface area contributed by atoms with Crippen molar-refractivity contribution in [2.75, 3.05) is 6.54 Å². The first-order valence-corrected chi connectivity index (χ1v) is 7.57. The third-order valence-corrected chi connectivity index (χ3v) is 4.18. The van der Waals surface area contributed by atoms with E-state index < -0.39 is 5.97 Å². The van der Waals surface area contributed by atoms with Crippen molar-refractivity contribution in [1.29, 1.82) is 0 Å². The predicted molar refractivity (Wildman–Crippen MR) is 80.2 cm³/mol. The van der Waals surface area contributed by atoms with Crippen LogP contribution >= 0.6 is 11.3 Å². The summed E-state index contributed by atoms with van der Waals surface area (Å²) in [5, 5.41) is 11.7. The van der Waals surface area contributed by atoms with E-state index in [0.29, 0.717) is 23.2 Å². The van der Waals surface area contributed by atoms with Crippen molar-refractivity contribution in [1.82, 2.24) is 5.32 Å². The molecule has 0 unspecified atom stereocenters. The molecule has 0 aliphatic heterocycles. The van der Waals surface area contributed by atoms with E-state index in [2.05, 4.69) is 5.32 Å². The van der Waals surface area contributed by atoms with Gasteiger partial charge in [-0.25, -0.2) is 4.39 Å². The normalized spacial score (nSPS) is 10.7. The number of carboxylic acids is 1. The monoisotopic (exact) mass is 309 g/mol. The number of fused-ring (bicyclic) bond motifs is 1. The Labute approximate surface area is 125 Å². The van der Waals surface area contributed by atoms with Crippen LogP contribution in [0.15, 0.2) is 24.3 Å². The zero-order valence-corrected chi connectivity index (χ0v) is 12.2. The fourth-order valence-corrected chi connectivity index (χ4v) is 3.00. The topological polar surface area (TPSA) is 66.4 Å². The fraction of sp³-hybridized carbons (Fsp3) is 0.333. The molecule has 1 heterocycles. The van der Waals surface area contributed by atoms with Crippen LogP contribution < -0.4 is 5.32 Å². The number of rotatable bonds is 7. The van der Waals surface area contributed by atoms with Crippen molar-refractivity contribution in [3.05, 3.63) is 35.0 Å². The van der Waals surface area contributed by atoms with Crippen molar-refractivity contribution >= 4 is 33.3 Å². The lowest BCUT2D eigenvalue weighted by molar-refractivity contribution is -0.137. The fourth-order valence-electron chi connectivity index (χ4n) is 2.00. The maximum absolute atomic E-state index is 13.5. The molecule has 112 valence electrons. The van der Waals surface area contributed by atoms with Gasteiger partial charge in [0.15, 0.2) is 0 Å². The van der Waals surface area contributed by atoms with Crippen LogP contribution in [-0.4, -0.2) is 23.5 Å². The van der Waals surface area contributed by atoms with Crippen LogP contribution in [0.1, 0.15) is 35.4 Å². The van der Waals surface area contributed by atoms with Crippen LogP contribution in [0.3, 0.4) is 0 Å². The van der Waals surface area contributed by atoms with Crippen molar-refractivity contribution < 1.29 is 19.1 Å². The van der Waals surface area contributed by atoms with E-state index in [1.165, 1.54) is 17.4 Å². The molecule has 0 bridgehead atoms. The number of unbranched alkanes of at least 4 members (excludes halogenated alkanes) is 2. The number of aliphatic carboxylic acids is 1. The molecule has 1 amide bonds. The highest BCUT2D eigenvalue weighted by Crippen LogP contribution is 2.27. The lowest BCUT2D eigenvalue weighted by Crippen LogP contribution is -2.23. The van der Waals surface area contributed by atoms with Crippen LogP contribution in [0.5, 0.6) is 0 Å². The van der Waals surface area contributed by atoms with Gasteiger partial charge in [0, 0.05) is 23.1 Å². The molecule has 0 saturated carbocycles. The second kappa shape index (κ2) is 7.17. The molecular weight excluding hydrogens is 293 g/mol. The summed E-state index contributed by atoms with van der Waals surface area (Å²) in [6, 6.07) is 6.35. The molecule has 0 radical (unpaired) electrons. The molecule has 0 aliphatic rings. The molecule has 6 heteroatoms. The Hall–Kier alpha value is -1.95. The first-order valence-electron chi connectivity index (χ1n) is 6.76. The standard InChI is InChI=1S/C15H16FNO3S/c16-11-5-4-6-12-10(11)9-13(21-12)15(20)17-8-3-1-2-7-14(18)19/h4-6,9H,1-3,7-8H2,(H,17,20)(H,18,19). The van der Waals surface area contributed by atoms with Gasteiger partial charge >= 0.3 is 5.97 Å². The van der Waals surface area contributed by atoms with E-state index in [0.717, 1.165) is 17.5 Å². The zero-order valence-electron chi connectivity index (χ0n) is 11.4. The molecule has 0 spiro atoms. The summed E-state index contributed by atoms with van der Waals surface area (Å²) < 4.78 is 14.3. The zero-order chi connectivity index (χ0) is 15.2. The first-order chi connectivity index (χ1) is 10.1. The average Bonchev–Trinajstić information content (AvgIpc) is 2.87. The number of benzene rings is 1. The van der Waals surface area contributed by atoms with E-state index >= 15 is 0 Å². The summed E-state index contributed by atoms with van der Waals surface area (Å²) in [5.41, 5.74) is 0. The smallest absolute Gasteiger partial charge is 0.303 e. The molecule has 0 fully saturated rings. The number of hydrogen-bond donors (Lipinski definition) is 2. The Bertz CT molecular complexity index is 653. The Balaban J connectivity index is 1.82. The van der Waals surface area contributed by atoms with Gasteiger partial charge in [-0.3, -0.25) is 9.59 Å². The molecule has 2 aromatic rings. The van der Waals surface area contributed by atoms with Crippen molar-refractivity contribution in [2.24, 2.45) is 0 Å². The maximum atomic E-state index is 13.5. The predicted octanol–water partition coefficient (Wildman–Crippen LogP) is 3.42. The second-order valence-electron chi connectivity index (χ2n) is 4.72. The number of carbonyl (C=O) groups is 2. The van der Waals surface area contributed by atoms with Gasteiger partial charge in [0.05, 0.1) is 4.88 Å². The third-order valence-electron chi connectivity index (χ3n) is 3.09. The molecule has 2 rings (SSSR count).